The van der Waals surface area contributed by atoms with Crippen molar-refractivity contribution in [2.45, 2.75) is 13.3 Å². The summed E-state index contributed by atoms with van der Waals surface area (Å²) in [5.41, 5.74) is 4.01. The Morgan fingerprint density at radius 2 is 1.55 bits per heavy atom. The average Bonchev–Trinajstić information content (AvgIpc) is 2.49. The molecule has 0 heteroatoms. The molecule has 0 aliphatic rings. The van der Waals surface area contributed by atoms with E-state index in [9.17, 15) is 0 Å². The summed E-state index contributed by atoms with van der Waals surface area (Å²) in [5, 5.41) is 2.59. The van der Waals surface area contributed by atoms with Crippen molar-refractivity contribution in [1.82, 2.24) is 0 Å². The molecule has 0 saturated carbocycles. The van der Waals surface area contributed by atoms with Crippen LogP contribution in [0.4, 0.5) is 0 Å². The van der Waals surface area contributed by atoms with Gasteiger partial charge in [0.1, 0.15) is 0 Å². The zero-order valence-electron chi connectivity index (χ0n) is 11.7. The maximum Gasteiger partial charge on any atom is -0.00915 e. The summed E-state index contributed by atoms with van der Waals surface area (Å²) in [6, 6.07) is 23.6. The van der Waals surface area contributed by atoms with E-state index in [0.29, 0.717) is 0 Å². The molecule has 0 spiro atoms. The summed E-state index contributed by atoms with van der Waals surface area (Å²) in [5.74, 6) is 0. The minimum absolute atomic E-state index is 0.986. The van der Waals surface area contributed by atoms with Gasteiger partial charge in [-0.25, -0.2) is 0 Å². The standard InChI is InChI=1S/C20H18/c1-16-7-2-3-9-18(16)12-6-8-17-13-14-19-10-4-5-11-20(19)15-17/h2-11,13-15H,12H2,1H3/b8-6+. The van der Waals surface area contributed by atoms with Gasteiger partial charge < -0.3 is 0 Å². The zero-order chi connectivity index (χ0) is 13.8. The van der Waals surface area contributed by atoms with Gasteiger partial charge in [-0.2, -0.15) is 0 Å². The van der Waals surface area contributed by atoms with Crippen LogP contribution in [0.15, 0.2) is 72.8 Å². The van der Waals surface area contributed by atoms with E-state index < -0.39 is 0 Å². The molecule has 0 bridgehead atoms. The molecule has 0 atom stereocenters. The molecule has 0 radical (unpaired) electrons. The van der Waals surface area contributed by atoms with Crippen molar-refractivity contribution in [3.8, 4) is 0 Å². The lowest BCUT2D eigenvalue weighted by molar-refractivity contribution is 1.22. The predicted octanol–water partition coefficient (Wildman–Crippen LogP) is 5.40. The van der Waals surface area contributed by atoms with E-state index in [1.54, 1.807) is 0 Å². The third-order valence-electron chi connectivity index (χ3n) is 3.68. The van der Waals surface area contributed by atoms with Gasteiger partial charge in [-0.15, -0.1) is 0 Å². The van der Waals surface area contributed by atoms with Crippen molar-refractivity contribution >= 4 is 16.8 Å². The SMILES string of the molecule is Cc1ccccc1C/C=C/c1ccc2ccccc2c1. The van der Waals surface area contributed by atoms with Crippen LogP contribution in [-0.2, 0) is 6.42 Å². The lowest BCUT2D eigenvalue weighted by atomic mass is 10.0. The highest BCUT2D eigenvalue weighted by atomic mass is 14.0. The first kappa shape index (κ1) is 12.7. The first-order chi connectivity index (χ1) is 9.83. The number of aryl methyl sites for hydroxylation is 1. The summed E-state index contributed by atoms with van der Waals surface area (Å²) in [4.78, 5) is 0. The van der Waals surface area contributed by atoms with Gasteiger partial charge in [0.25, 0.3) is 0 Å². The molecule has 0 nitrogen and oxygen atoms in total. The minimum Gasteiger partial charge on any atom is -0.0795 e. The molecule has 3 aromatic carbocycles. The van der Waals surface area contributed by atoms with Gasteiger partial charge in [-0.05, 0) is 46.9 Å². The first-order valence-corrected chi connectivity index (χ1v) is 7.03. The zero-order valence-corrected chi connectivity index (χ0v) is 11.7. The van der Waals surface area contributed by atoms with Crippen molar-refractivity contribution in [3.05, 3.63) is 89.5 Å². The Labute approximate surface area is 120 Å². The highest BCUT2D eigenvalue weighted by molar-refractivity contribution is 5.84. The predicted molar refractivity (Wildman–Crippen MR) is 87.9 cm³/mol. The van der Waals surface area contributed by atoms with E-state index >= 15 is 0 Å². The summed E-state index contributed by atoms with van der Waals surface area (Å²) < 4.78 is 0. The normalized spacial score (nSPS) is 11.2. The molecule has 0 heterocycles. The number of benzene rings is 3. The second kappa shape index (κ2) is 5.75. The fourth-order valence-electron chi connectivity index (χ4n) is 2.47. The van der Waals surface area contributed by atoms with E-state index in [0.717, 1.165) is 6.42 Å². The topological polar surface area (TPSA) is 0 Å². The van der Waals surface area contributed by atoms with Crippen LogP contribution < -0.4 is 0 Å². The van der Waals surface area contributed by atoms with Crippen LogP contribution in [0, 0.1) is 6.92 Å². The molecule has 3 aromatic rings. The van der Waals surface area contributed by atoms with Crippen LogP contribution >= 0.6 is 0 Å². The molecule has 0 N–H and O–H groups in total. The Bertz CT molecular complexity index is 751. The van der Waals surface area contributed by atoms with E-state index in [2.05, 4.69) is 85.8 Å². The Kier molecular flexibility index (Phi) is 3.64. The van der Waals surface area contributed by atoms with Crippen molar-refractivity contribution in [3.63, 3.8) is 0 Å². The van der Waals surface area contributed by atoms with Crippen LogP contribution in [0.3, 0.4) is 0 Å². The third kappa shape index (κ3) is 2.80. The van der Waals surface area contributed by atoms with Crippen LogP contribution in [0.25, 0.3) is 16.8 Å². The Hall–Kier alpha value is -2.34. The van der Waals surface area contributed by atoms with Crippen LogP contribution in [0.1, 0.15) is 16.7 Å². The molecule has 0 amide bonds. The fourth-order valence-corrected chi connectivity index (χ4v) is 2.47. The Balaban J connectivity index is 1.79. The van der Waals surface area contributed by atoms with Crippen LogP contribution in [0.5, 0.6) is 0 Å². The molecular weight excluding hydrogens is 240 g/mol. The molecule has 98 valence electrons. The van der Waals surface area contributed by atoms with Crippen molar-refractivity contribution < 1.29 is 0 Å². The third-order valence-corrected chi connectivity index (χ3v) is 3.68. The lowest BCUT2D eigenvalue weighted by Crippen LogP contribution is -1.85. The van der Waals surface area contributed by atoms with Gasteiger partial charge in [0.15, 0.2) is 0 Å². The monoisotopic (exact) mass is 258 g/mol. The summed E-state index contributed by atoms with van der Waals surface area (Å²) in [6.45, 7) is 2.17. The molecule has 0 saturated heterocycles. The van der Waals surface area contributed by atoms with Crippen LogP contribution in [0.2, 0.25) is 0 Å². The molecule has 0 aliphatic carbocycles. The molecule has 0 unspecified atom stereocenters. The van der Waals surface area contributed by atoms with Gasteiger partial charge in [0.2, 0.25) is 0 Å². The summed E-state index contributed by atoms with van der Waals surface area (Å²) in [6.07, 6.45) is 5.44. The van der Waals surface area contributed by atoms with Gasteiger partial charge in [-0.3, -0.25) is 0 Å². The Morgan fingerprint density at radius 1 is 0.800 bits per heavy atom. The Morgan fingerprint density at radius 3 is 2.40 bits per heavy atom. The van der Waals surface area contributed by atoms with Crippen molar-refractivity contribution in [1.29, 1.82) is 0 Å². The van der Waals surface area contributed by atoms with Gasteiger partial charge in [-0.1, -0.05) is 72.8 Å². The molecule has 0 fully saturated rings. The van der Waals surface area contributed by atoms with E-state index in [1.165, 1.54) is 27.5 Å². The average molecular weight is 258 g/mol. The maximum absolute atomic E-state index is 2.24. The van der Waals surface area contributed by atoms with E-state index in [-0.39, 0.29) is 0 Å². The van der Waals surface area contributed by atoms with E-state index in [1.807, 2.05) is 0 Å². The van der Waals surface area contributed by atoms with Gasteiger partial charge >= 0.3 is 0 Å². The highest BCUT2D eigenvalue weighted by Gasteiger charge is 1.95. The quantitative estimate of drug-likeness (QED) is 0.589. The fraction of sp³-hybridized carbons (Fsp3) is 0.100. The number of hydrogen-bond donors (Lipinski definition) is 0. The number of hydrogen-bond acceptors (Lipinski definition) is 0. The number of fused-ring (bicyclic) bond motifs is 1. The van der Waals surface area contributed by atoms with E-state index in [4.69, 9.17) is 0 Å². The highest BCUT2D eigenvalue weighted by Crippen LogP contribution is 2.17. The van der Waals surface area contributed by atoms with Gasteiger partial charge in [0, 0.05) is 0 Å². The lowest BCUT2D eigenvalue weighted by Gasteiger charge is -2.02. The first-order valence-electron chi connectivity index (χ1n) is 7.03. The summed E-state index contributed by atoms with van der Waals surface area (Å²) >= 11 is 0. The number of rotatable bonds is 3. The molecular formula is C20H18. The molecule has 0 aromatic heterocycles. The second-order valence-corrected chi connectivity index (χ2v) is 5.14. The number of allylic oxidation sites excluding steroid dienone is 1. The minimum atomic E-state index is 0.986. The van der Waals surface area contributed by atoms with Crippen LogP contribution in [-0.4, -0.2) is 0 Å². The smallest absolute Gasteiger partial charge is 0.00915 e. The molecule has 0 aliphatic heterocycles. The maximum atomic E-state index is 2.24. The largest absolute Gasteiger partial charge is 0.0795 e. The second-order valence-electron chi connectivity index (χ2n) is 5.14. The summed E-state index contributed by atoms with van der Waals surface area (Å²) in [7, 11) is 0. The molecule has 20 heavy (non-hydrogen) atoms. The van der Waals surface area contributed by atoms with Crippen molar-refractivity contribution in [2.75, 3.05) is 0 Å². The van der Waals surface area contributed by atoms with Crippen molar-refractivity contribution in [2.24, 2.45) is 0 Å². The van der Waals surface area contributed by atoms with Gasteiger partial charge in [0.05, 0.1) is 0 Å². The molecule has 3 rings (SSSR count).